The van der Waals surface area contributed by atoms with Gasteiger partial charge >= 0.3 is 0 Å². The third-order valence-electron chi connectivity index (χ3n) is 4.72. The largest absolute Gasteiger partial charge is 0.249 e. The van der Waals surface area contributed by atoms with Gasteiger partial charge in [-0.1, -0.05) is 6.42 Å². The summed E-state index contributed by atoms with van der Waals surface area (Å²) in [7, 11) is 0. The van der Waals surface area contributed by atoms with Crippen molar-refractivity contribution in [3.05, 3.63) is 0 Å². The second-order valence-corrected chi connectivity index (χ2v) is 5.06. The maximum absolute atomic E-state index is 8.87. The van der Waals surface area contributed by atoms with Crippen LogP contribution in [0.25, 0.3) is 0 Å². The first kappa shape index (κ1) is 9.09. The molecule has 0 aromatic heterocycles. The van der Waals surface area contributed by atoms with Gasteiger partial charge in [-0.2, -0.15) is 0 Å². The Morgan fingerprint density at radius 3 is 2.50 bits per heavy atom. The van der Waals surface area contributed by atoms with Crippen molar-refractivity contribution in [1.29, 1.82) is 0 Å². The molecule has 0 spiro atoms. The Morgan fingerprint density at radius 1 is 1.07 bits per heavy atom. The van der Waals surface area contributed by atoms with E-state index in [0.717, 1.165) is 12.3 Å². The van der Waals surface area contributed by atoms with Gasteiger partial charge in [0.1, 0.15) is 0 Å². The molecule has 80 valence electrons. The topological polar surface area (TPSA) is 58.9 Å². The van der Waals surface area contributed by atoms with Crippen molar-refractivity contribution in [2.24, 2.45) is 23.7 Å². The lowest BCUT2D eigenvalue weighted by molar-refractivity contribution is -0.502. The van der Waals surface area contributed by atoms with E-state index in [4.69, 9.17) is 10.5 Å². The summed E-state index contributed by atoms with van der Waals surface area (Å²) < 4.78 is 0. The fourth-order valence-corrected chi connectivity index (χ4v) is 4.26. The molecule has 4 nitrogen and oxygen atoms in total. The maximum Gasteiger partial charge on any atom is 0.236 e. The van der Waals surface area contributed by atoms with Crippen LogP contribution in [-0.4, -0.2) is 16.3 Å². The molecule has 0 radical (unpaired) electrons. The van der Waals surface area contributed by atoms with Gasteiger partial charge in [-0.3, -0.25) is 0 Å². The number of hydrogen-bond acceptors (Lipinski definition) is 4. The Balaban J connectivity index is 1.89. The van der Waals surface area contributed by atoms with Crippen LogP contribution < -0.4 is 0 Å². The van der Waals surface area contributed by atoms with Gasteiger partial charge in [0.15, 0.2) is 0 Å². The standard InChI is InChI=1S/C10H16O4/c11-13-10(14-12)5-6-4-9(10)8-3-1-2-7(6)8/h6-9,11-12H,1-5H2/t6-,7+,8-,9+/m1/s1. The molecule has 0 amide bonds. The van der Waals surface area contributed by atoms with Crippen LogP contribution in [0.5, 0.6) is 0 Å². The molecule has 4 atom stereocenters. The molecule has 4 heteroatoms. The minimum Gasteiger partial charge on any atom is -0.249 e. The first-order valence-corrected chi connectivity index (χ1v) is 5.46. The molecule has 3 fully saturated rings. The summed E-state index contributed by atoms with van der Waals surface area (Å²) in [5.41, 5.74) is 0. The van der Waals surface area contributed by atoms with Crippen LogP contribution in [0.2, 0.25) is 0 Å². The lowest BCUT2D eigenvalue weighted by atomic mass is 9.78. The molecule has 2 bridgehead atoms. The average molecular weight is 200 g/mol. The molecular formula is C10H16O4. The zero-order chi connectivity index (χ0) is 9.76. The number of rotatable bonds is 2. The van der Waals surface area contributed by atoms with E-state index in [1.807, 2.05) is 0 Å². The molecule has 14 heavy (non-hydrogen) atoms. The van der Waals surface area contributed by atoms with Gasteiger partial charge < -0.3 is 0 Å². The van der Waals surface area contributed by atoms with Gasteiger partial charge in [0.2, 0.25) is 5.79 Å². The van der Waals surface area contributed by atoms with Gasteiger partial charge in [0.05, 0.1) is 0 Å². The van der Waals surface area contributed by atoms with Crippen molar-refractivity contribution >= 4 is 0 Å². The Bertz CT molecular complexity index is 238. The maximum atomic E-state index is 8.87. The van der Waals surface area contributed by atoms with Crippen molar-refractivity contribution in [3.63, 3.8) is 0 Å². The Labute approximate surface area is 82.7 Å². The van der Waals surface area contributed by atoms with E-state index < -0.39 is 5.79 Å². The van der Waals surface area contributed by atoms with Gasteiger partial charge in [0.25, 0.3) is 0 Å². The molecule has 3 aliphatic rings. The van der Waals surface area contributed by atoms with Gasteiger partial charge in [-0.05, 0) is 37.0 Å². The van der Waals surface area contributed by atoms with Crippen LogP contribution in [0.3, 0.4) is 0 Å². The van der Waals surface area contributed by atoms with Crippen LogP contribution in [-0.2, 0) is 9.78 Å². The molecule has 3 saturated carbocycles. The van der Waals surface area contributed by atoms with E-state index >= 15 is 0 Å². The van der Waals surface area contributed by atoms with E-state index in [9.17, 15) is 0 Å². The highest BCUT2D eigenvalue weighted by atomic mass is 17.2. The molecule has 0 unspecified atom stereocenters. The number of fused-ring (bicyclic) bond motifs is 5. The van der Waals surface area contributed by atoms with E-state index in [1.165, 1.54) is 19.3 Å². The predicted molar refractivity (Wildman–Crippen MR) is 47.2 cm³/mol. The zero-order valence-corrected chi connectivity index (χ0v) is 8.06. The summed E-state index contributed by atoms with van der Waals surface area (Å²) in [6.45, 7) is 0. The molecule has 3 rings (SSSR count). The predicted octanol–water partition coefficient (Wildman–Crippen LogP) is 2.12. The summed E-state index contributed by atoms with van der Waals surface area (Å²) in [5.74, 6) is 1.05. The number of hydrogen-bond donors (Lipinski definition) is 2. The summed E-state index contributed by atoms with van der Waals surface area (Å²) in [5, 5.41) is 17.7. The van der Waals surface area contributed by atoms with Crippen LogP contribution in [0.1, 0.15) is 32.1 Å². The summed E-state index contributed by atoms with van der Waals surface area (Å²) >= 11 is 0. The van der Waals surface area contributed by atoms with Crippen molar-refractivity contribution in [2.75, 3.05) is 0 Å². The van der Waals surface area contributed by atoms with E-state index in [0.29, 0.717) is 18.3 Å². The zero-order valence-electron chi connectivity index (χ0n) is 8.06. The molecule has 0 aliphatic heterocycles. The smallest absolute Gasteiger partial charge is 0.236 e. The average Bonchev–Trinajstić information content (AvgIpc) is 2.88. The fourth-order valence-electron chi connectivity index (χ4n) is 4.26. The second kappa shape index (κ2) is 2.92. The van der Waals surface area contributed by atoms with Crippen molar-refractivity contribution in [2.45, 2.75) is 37.9 Å². The minimum absolute atomic E-state index is 0.190. The van der Waals surface area contributed by atoms with E-state index in [1.54, 1.807) is 0 Å². The highest BCUT2D eigenvalue weighted by Gasteiger charge is 2.63. The first-order valence-electron chi connectivity index (χ1n) is 5.46. The third-order valence-corrected chi connectivity index (χ3v) is 4.72. The third kappa shape index (κ3) is 0.922. The van der Waals surface area contributed by atoms with Crippen molar-refractivity contribution in [3.8, 4) is 0 Å². The lowest BCUT2D eigenvalue weighted by Gasteiger charge is -2.37. The van der Waals surface area contributed by atoms with Crippen molar-refractivity contribution < 1.29 is 20.3 Å². The molecular weight excluding hydrogens is 184 g/mol. The summed E-state index contributed by atoms with van der Waals surface area (Å²) in [4.78, 5) is 8.84. The van der Waals surface area contributed by atoms with Gasteiger partial charge in [0, 0.05) is 12.3 Å². The van der Waals surface area contributed by atoms with Gasteiger partial charge in [-0.15, -0.1) is 0 Å². The Morgan fingerprint density at radius 2 is 1.79 bits per heavy atom. The second-order valence-electron chi connectivity index (χ2n) is 5.06. The highest BCUT2D eigenvalue weighted by Crippen LogP contribution is 2.63. The summed E-state index contributed by atoms with van der Waals surface area (Å²) in [6.07, 6.45) is 5.45. The van der Waals surface area contributed by atoms with Crippen molar-refractivity contribution in [1.82, 2.24) is 0 Å². The van der Waals surface area contributed by atoms with Crippen LogP contribution in [0.15, 0.2) is 0 Å². The fraction of sp³-hybridized carbons (Fsp3) is 1.00. The molecule has 2 N–H and O–H groups in total. The SMILES string of the molecule is OOC1(OO)C[C@H]2C[C@H]1[C@@H]1CCC[C@@H]21. The normalized spacial score (nSPS) is 48.4. The van der Waals surface area contributed by atoms with Crippen LogP contribution >= 0.6 is 0 Å². The first-order chi connectivity index (χ1) is 6.80. The van der Waals surface area contributed by atoms with Gasteiger partial charge in [-0.25, -0.2) is 20.3 Å². The minimum atomic E-state index is -1.10. The Hall–Kier alpha value is -0.160. The van der Waals surface area contributed by atoms with Crippen LogP contribution in [0, 0.1) is 23.7 Å². The quantitative estimate of drug-likeness (QED) is 0.407. The van der Waals surface area contributed by atoms with E-state index in [2.05, 4.69) is 9.78 Å². The molecule has 0 aromatic rings. The molecule has 3 aliphatic carbocycles. The highest BCUT2D eigenvalue weighted by molar-refractivity contribution is 5.06. The summed E-state index contributed by atoms with van der Waals surface area (Å²) in [6, 6.07) is 0. The molecule has 0 saturated heterocycles. The monoisotopic (exact) mass is 200 g/mol. The molecule has 0 heterocycles. The molecule has 0 aromatic carbocycles. The Kier molecular flexibility index (Phi) is 1.89. The van der Waals surface area contributed by atoms with Crippen LogP contribution in [0.4, 0.5) is 0 Å². The van der Waals surface area contributed by atoms with E-state index in [-0.39, 0.29) is 5.92 Å². The lowest BCUT2D eigenvalue weighted by Crippen LogP contribution is -2.44.